The first-order valence-corrected chi connectivity index (χ1v) is 10.6. The number of anilines is 1. The quantitative estimate of drug-likeness (QED) is 0.428. The number of carbonyl (C=O) groups excluding carboxylic acids is 1. The zero-order valence-corrected chi connectivity index (χ0v) is 19.1. The molecule has 0 aliphatic rings. The van der Waals surface area contributed by atoms with Crippen molar-refractivity contribution in [3.63, 3.8) is 0 Å². The highest BCUT2D eigenvalue weighted by Crippen LogP contribution is 2.29. The van der Waals surface area contributed by atoms with E-state index in [1.165, 1.54) is 6.07 Å². The van der Waals surface area contributed by atoms with Gasteiger partial charge in [-0.2, -0.15) is 0 Å². The highest BCUT2D eigenvalue weighted by atomic mass is 35.5. The molecule has 0 spiro atoms. The first kappa shape index (κ1) is 22.4. The highest BCUT2D eigenvalue weighted by molar-refractivity contribution is 6.30. The molecule has 1 amide bonds. The lowest BCUT2D eigenvalue weighted by Gasteiger charge is -2.17. The number of carbonyl (C=O) groups is 1. The van der Waals surface area contributed by atoms with Crippen LogP contribution in [0.1, 0.15) is 23.9 Å². The lowest BCUT2D eigenvalue weighted by atomic mass is 10.2. The minimum absolute atomic E-state index is 0.00536. The number of hydrogen-bond donors (Lipinski definition) is 1. The number of rotatable bonds is 7. The van der Waals surface area contributed by atoms with Crippen molar-refractivity contribution in [2.24, 2.45) is 0 Å². The van der Waals surface area contributed by atoms with Crippen LogP contribution in [0.5, 0.6) is 11.5 Å². The Balaban J connectivity index is 1.47. The molecule has 33 heavy (non-hydrogen) atoms. The van der Waals surface area contributed by atoms with Crippen LogP contribution in [0.4, 0.5) is 5.69 Å². The van der Waals surface area contributed by atoms with Gasteiger partial charge in [-0.05, 0) is 45.0 Å². The van der Waals surface area contributed by atoms with Crippen molar-refractivity contribution in [1.29, 1.82) is 0 Å². The van der Waals surface area contributed by atoms with Gasteiger partial charge in [-0.15, -0.1) is 4.57 Å². The average molecular weight is 468 g/mol. The second-order valence-electron chi connectivity index (χ2n) is 7.58. The fourth-order valence-corrected chi connectivity index (χ4v) is 3.29. The minimum Gasteiger partial charge on any atom is -0.485 e. The van der Waals surface area contributed by atoms with Crippen LogP contribution in [0.15, 0.2) is 63.9 Å². The summed E-state index contributed by atoms with van der Waals surface area (Å²) in [5.41, 5.74) is 1.96. The maximum Gasteiger partial charge on any atom is 0.287 e. The van der Waals surface area contributed by atoms with Gasteiger partial charge < -0.3 is 19.3 Å². The maximum absolute atomic E-state index is 12.7. The molecular weight excluding hydrogens is 446 g/mol. The molecule has 4 aromatic rings. The van der Waals surface area contributed by atoms with E-state index in [4.69, 9.17) is 25.6 Å². The third-order valence-corrected chi connectivity index (χ3v) is 5.04. The molecule has 0 radical (unpaired) electrons. The number of fused-ring (bicyclic) bond motifs is 1. The predicted molar refractivity (Wildman–Crippen MR) is 124 cm³/mol. The summed E-state index contributed by atoms with van der Waals surface area (Å²) in [7, 11) is 0. The third-order valence-electron chi connectivity index (χ3n) is 4.80. The standard InChI is InChI=1S/C24H22ClN3O5/c1-14-4-7-19(8-5-14)32-16(3)24(30)27-20-9-6-17(25)11-21(20)31-13-18-12-23(29)28-22(26-18)10-15(2)33-28/h4-12,16H,13H2,1-3H3,(H,27,30)/t16-/m1/s1. The van der Waals surface area contributed by atoms with Crippen LogP contribution < -0.4 is 20.3 Å². The van der Waals surface area contributed by atoms with Crippen molar-refractivity contribution >= 4 is 28.8 Å². The van der Waals surface area contributed by atoms with E-state index < -0.39 is 6.10 Å². The van der Waals surface area contributed by atoms with Crippen LogP contribution in [0.3, 0.4) is 0 Å². The molecule has 0 aliphatic carbocycles. The minimum atomic E-state index is -0.746. The zero-order valence-electron chi connectivity index (χ0n) is 18.3. The van der Waals surface area contributed by atoms with Gasteiger partial charge in [-0.3, -0.25) is 9.59 Å². The number of benzene rings is 2. The Bertz CT molecular complexity index is 1360. The summed E-state index contributed by atoms with van der Waals surface area (Å²) >= 11 is 6.13. The summed E-state index contributed by atoms with van der Waals surface area (Å²) in [6, 6.07) is 15.3. The van der Waals surface area contributed by atoms with E-state index in [0.29, 0.717) is 39.3 Å². The zero-order chi connectivity index (χ0) is 23.5. The molecule has 9 heteroatoms. The van der Waals surface area contributed by atoms with Crippen LogP contribution in [0.25, 0.3) is 5.65 Å². The molecule has 2 heterocycles. The second-order valence-corrected chi connectivity index (χ2v) is 8.01. The molecule has 1 atom stereocenters. The number of aryl methyl sites for hydroxylation is 2. The summed E-state index contributed by atoms with van der Waals surface area (Å²) in [6.07, 6.45) is -0.746. The Morgan fingerprint density at radius 3 is 2.67 bits per heavy atom. The van der Waals surface area contributed by atoms with Gasteiger partial charge in [0, 0.05) is 23.2 Å². The topological polar surface area (TPSA) is 95.1 Å². The number of nitrogens with zero attached hydrogens (tertiary/aromatic N) is 2. The van der Waals surface area contributed by atoms with Gasteiger partial charge in [-0.25, -0.2) is 4.98 Å². The summed E-state index contributed by atoms with van der Waals surface area (Å²) in [5.74, 6) is 1.15. The summed E-state index contributed by atoms with van der Waals surface area (Å²) in [4.78, 5) is 29.3. The van der Waals surface area contributed by atoms with Crippen LogP contribution in [-0.4, -0.2) is 21.6 Å². The smallest absolute Gasteiger partial charge is 0.287 e. The van der Waals surface area contributed by atoms with Crippen molar-refractivity contribution in [1.82, 2.24) is 9.56 Å². The summed E-state index contributed by atoms with van der Waals surface area (Å²) in [5, 5.41) is 3.23. The SMILES string of the molecule is Cc1ccc(O[C@H](C)C(=O)Nc2ccc(Cl)cc2OCc2cc(=O)n3oc(C)cc3n2)cc1. The lowest BCUT2D eigenvalue weighted by molar-refractivity contribution is -0.122. The Hall–Kier alpha value is -3.78. The number of amides is 1. The second kappa shape index (κ2) is 9.38. The molecule has 170 valence electrons. The van der Waals surface area contributed by atoms with Crippen molar-refractivity contribution in [3.8, 4) is 11.5 Å². The number of nitrogens with one attached hydrogen (secondary N) is 1. The van der Waals surface area contributed by atoms with E-state index >= 15 is 0 Å². The monoisotopic (exact) mass is 467 g/mol. The van der Waals surface area contributed by atoms with E-state index in [1.54, 1.807) is 38.1 Å². The number of aromatic nitrogens is 2. The predicted octanol–water partition coefficient (Wildman–Crippen LogP) is 4.54. The molecule has 2 aromatic heterocycles. The maximum atomic E-state index is 12.7. The molecule has 0 saturated heterocycles. The van der Waals surface area contributed by atoms with Gasteiger partial charge >= 0.3 is 0 Å². The van der Waals surface area contributed by atoms with Crippen LogP contribution >= 0.6 is 11.6 Å². The summed E-state index contributed by atoms with van der Waals surface area (Å²) < 4.78 is 18.0. The molecule has 0 unspecified atom stereocenters. The van der Waals surface area contributed by atoms with Gasteiger partial charge in [0.1, 0.15) is 23.9 Å². The van der Waals surface area contributed by atoms with Gasteiger partial charge in [0.25, 0.3) is 11.5 Å². The molecule has 4 rings (SSSR count). The molecular formula is C24H22ClN3O5. The van der Waals surface area contributed by atoms with Crippen LogP contribution in [0.2, 0.25) is 5.02 Å². The van der Waals surface area contributed by atoms with Crippen LogP contribution in [0, 0.1) is 13.8 Å². The van der Waals surface area contributed by atoms with E-state index in [1.807, 2.05) is 31.2 Å². The van der Waals surface area contributed by atoms with Crippen molar-refractivity contribution in [3.05, 3.63) is 87.0 Å². The molecule has 0 bridgehead atoms. The van der Waals surface area contributed by atoms with Crippen LogP contribution in [-0.2, 0) is 11.4 Å². The highest BCUT2D eigenvalue weighted by Gasteiger charge is 2.18. The first-order chi connectivity index (χ1) is 15.8. The average Bonchev–Trinajstić information content (AvgIpc) is 3.16. The Morgan fingerprint density at radius 2 is 1.91 bits per heavy atom. The van der Waals surface area contributed by atoms with E-state index in [0.717, 1.165) is 10.1 Å². The van der Waals surface area contributed by atoms with Gasteiger partial charge in [0.15, 0.2) is 11.8 Å². The number of halogens is 1. The number of ether oxygens (including phenoxy) is 2. The summed E-state index contributed by atoms with van der Waals surface area (Å²) in [6.45, 7) is 5.36. The fourth-order valence-electron chi connectivity index (χ4n) is 3.13. The van der Waals surface area contributed by atoms with Gasteiger partial charge in [0.2, 0.25) is 0 Å². The van der Waals surface area contributed by atoms with E-state index in [9.17, 15) is 9.59 Å². The normalized spacial score (nSPS) is 11.9. The van der Waals surface area contributed by atoms with Gasteiger partial charge in [-0.1, -0.05) is 29.3 Å². The molecule has 2 aromatic carbocycles. The largest absolute Gasteiger partial charge is 0.485 e. The van der Waals surface area contributed by atoms with Crippen molar-refractivity contribution < 1.29 is 18.8 Å². The van der Waals surface area contributed by atoms with Crippen molar-refractivity contribution in [2.45, 2.75) is 33.5 Å². The fraction of sp³-hybridized carbons (Fsp3) is 0.208. The Kier molecular flexibility index (Phi) is 6.37. The third kappa shape index (κ3) is 5.35. The number of hydrogen-bond acceptors (Lipinski definition) is 6. The Morgan fingerprint density at radius 1 is 1.15 bits per heavy atom. The van der Waals surface area contributed by atoms with E-state index in [2.05, 4.69) is 10.3 Å². The molecule has 0 fully saturated rings. The molecule has 0 saturated carbocycles. The Labute approximate surface area is 194 Å². The molecule has 8 nitrogen and oxygen atoms in total. The van der Waals surface area contributed by atoms with Gasteiger partial charge in [0.05, 0.1) is 11.4 Å². The molecule has 1 N–H and O–H groups in total. The van der Waals surface area contributed by atoms with E-state index in [-0.39, 0.29) is 18.1 Å². The first-order valence-electron chi connectivity index (χ1n) is 10.2. The lowest BCUT2D eigenvalue weighted by Crippen LogP contribution is -2.30. The molecule has 0 aliphatic heterocycles. The van der Waals surface area contributed by atoms with Crippen molar-refractivity contribution in [2.75, 3.05) is 5.32 Å².